The predicted molar refractivity (Wildman–Crippen MR) is 72.0 cm³/mol. The molecule has 0 aliphatic heterocycles. The molecule has 0 amide bonds. The molecule has 1 fully saturated rings. The minimum atomic E-state index is -0.488. The zero-order valence-electron chi connectivity index (χ0n) is 12.5. The first kappa shape index (κ1) is 15.5. The Balaban J connectivity index is 2.98. The van der Waals surface area contributed by atoms with Gasteiger partial charge in [0.1, 0.15) is 0 Å². The smallest absolute Gasteiger partial charge is 0.301 e. The van der Waals surface area contributed by atoms with Crippen molar-refractivity contribution in [2.24, 2.45) is 22.7 Å². The van der Waals surface area contributed by atoms with Crippen molar-refractivity contribution in [3.63, 3.8) is 0 Å². The number of hydrogen-bond acceptors (Lipinski definition) is 3. The molecule has 1 rings (SSSR count). The molecule has 0 bridgehead atoms. The fraction of sp³-hybridized carbons (Fsp3) is 0.933. The predicted octanol–water partition coefficient (Wildman–Crippen LogP) is 4.27. The van der Waals surface area contributed by atoms with E-state index in [-0.39, 0.29) is 16.7 Å². The Bertz CT molecular complexity index is 283. The van der Waals surface area contributed by atoms with E-state index in [9.17, 15) is 4.79 Å². The molecule has 1 N–H and O–H groups in total. The van der Waals surface area contributed by atoms with Gasteiger partial charge in [0.2, 0.25) is 0 Å². The van der Waals surface area contributed by atoms with Crippen LogP contribution in [-0.4, -0.2) is 11.2 Å². The lowest BCUT2D eigenvalue weighted by atomic mass is 9.58. The van der Waals surface area contributed by atoms with Gasteiger partial charge in [-0.15, -0.1) is 0 Å². The summed E-state index contributed by atoms with van der Waals surface area (Å²) in [6, 6.07) is 0. The first-order valence-electron chi connectivity index (χ1n) is 7.06. The Hall–Kier alpha value is -0.570. The summed E-state index contributed by atoms with van der Waals surface area (Å²) < 4.78 is 0. The molecule has 0 spiro atoms. The Morgan fingerprint density at radius 2 is 1.61 bits per heavy atom. The van der Waals surface area contributed by atoms with Crippen molar-refractivity contribution < 1.29 is 14.9 Å². The van der Waals surface area contributed by atoms with Crippen molar-refractivity contribution >= 4 is 5.97 Å². The molecule has 1 unspecified atom stereocenters. The molecule has 1 aliphatic rings. The molecule has 0 aromatic rings. The highest BCUT2D eigenvalue weighted by Crippen LogP contribution is 2.49. The number of hydrogen-bond donors (Lipinski definition) is 1. The normalized spacial score (nSPS) is 20.6. The summed E-state index contributed by atoms with van der Waals surface area (Å²) in [6.45, 7) is 10.4. The molecule has 1 atom stereocenters. The minimum absolute atomic E-state index is 0.140. The van der Waals surface area contributed by atoms with Crippen molar-refractivity contribution in [3.05, 3.63) is 0 Å². The second-order valence-electron chi connectivity index (χ2n) is 7.37. The molecule has 0 saturated heterocycles. The largest absolute Gasteiger partial charge is 0.346 e. The van der Waals surface area contributed by atoms with E-state index in [1.165, 1.54) is 32.1 Å². The SMILES string of the molecule is CC(C)(C)C(C(=O)OO)C(C)(C)C1CCCCC1. The summed E-state index contributed by atoms with van der Waals surface area (Å²) in [6.07, 6.45) is 6.16. The van der Waals surface area contributed by atoms with Gasteiger partial charge in [0, 0.05) is 0 Å². The summed E-state index contributed by atoms with van der Waals surface area (Å²) in [5.74, 6) is -0.231. The number of carbonyl (C=O) groups excluding carboxylic acids is 1. The Labute approximate surface area is 111 Å². The maximum Gasteiger partial charge on any atom is 0.346 e. The highest BCUT2D eigenvalue weighted by Gasteiger charge is 2.48. The van der Waals surface area contributed by atoms with Crippen LogP contribution in [0.1, 0.15) is 66.7 Å². The van der Waals surface area contributed by atoms with Gasteiger partial charge >= 0.3 is 5.97 Å². The summed E-state index contributed by atoms with van der Waals surface area (Å²) in [7, 11) is 0. The van der Waals surface area contributed by atoms with Crippen molar-refractivity contribution in [1.82, 2.24) is 0 Å². The van der Waals surface area contributed by atoms with E-state index in [1.807, 2.05) is 20.8 Å². The first-order chi connectivity index (χ1) is 8.21. The third kappa shape index (κ3) is 3.25. The van der Waals surface area contributed by atoms with Gasteiger partial charge in [-0.3, -0.25) is 0 Å². The zero-order chi connectivity index (χ0) is 14.0. The van der Waals surface area contributed by atoms with Gasteiger partial charge in [0.25, 0.3) is 0 Å². The molecule has 1 saturated carbocycles. The van der Waals surface area contributed by atoms with Gasteiger partial charge in [0.05, 0.1) is 5.92 Å². The maximum absolute atomic E-state index is 12.0. The highest BCUT2D eigenvalue weighted by atomic mass is 17.1. The standard InChI is InChI=1S/C15H28O3/c1-14(2,3)12(13(16)18-17)15(4,5)11-9-7-6-8-10-11/h11-12,17H,6-10H2,1-5H3. The second kappa shape index (κ2) is 5.60. The van der Waals surface area contributed by atoms with Gasteiger partial charge in [-0.2, -0.15) is 5.26 Å². The van der Waals surface area contributed by atoms with Gasteiger partial charge < -0.3 is 4.89 Å². The van der Waals surface area contributed by atoms with Crippen LogP contribution < -0.4 is 0 Å². The molecule has 3 nitrogen and oxygen atoms in total. The van der Waals surface area contributed by atoms with Gasteiger partial charge in [0.15, 0.2) is 0 Å². The van der Waals surface area contributed by atoms with Crippen LogP contribution in [-0.2, 0) is 9.68 Å². The molecule has 0 aromatic carbocycles. The summed E-state index contributed by atoms with van der Waals surface area (Å²) in [5, 5.41) is 8.78. The van der Waals surface area contributed by atoms with Crippen molar-refractivity contribution in [2.75, 3.05) is 0 Å². The van der Waals surface area contributed by atoms with Crippen molar-refractivity contribution in [2.45, 2.75) is 66.7 Å². The van der Waals surface area contributed by atoms with Crippen LogP contribution in [0.4, 0.5) is 0 Å². The zero-order valence-corrected chi connectivity index (χ0v) is 12.5. The van der Waals surface area contributed by atoms with Crippen LogP contribution in [0, 0.1) is 22.7 Å². The third-order valence-corrected chi connectivity index (χ3v) is 4.59. The quantitative estimate of drug-likeness (QED) is 0.606. The second-order valence-corrected chi connectivity index (χ2v) is 7.37. The van der Waals surface area contributed by atoms with Crippen LogP contribution in [0.15, 0.2) is 0 Å². The lowest BCUT2D eigenvalue weighted by Gasteiger charge is -2.46. The number of carbonyl (C=O) groups is 1. The Morgan fingerprint density at radius 3 is 2.00 bits per heavy atom. The highest BCUT2D eigenvalue weighted by molar-refractivity contribution is 5.73. The first-order valence-corrected chi connectivity index (χ1v) is 7.06. The van der Waals surface area contributed by atoms with Crippen LogP contribution >= 0.6 is 0 Å². The monoisotopic (exact) mass is 256 g/mol. The molecule has 0 heterocycles. The van der Waals surface area contributed by atoms with Crippen LogP contribution in [0.3, 0.4) is 0 Å². The summed E-state index contributed by atoms with van der Waals surface area (Å²) >= 11 is 0. The molecular weight excluding hydrogens is 228 g/mol. The van der Waals surface area contributed by atoms with E-state index >= 15 is 0 Å². The molecular formula is C15H28O3. The maximum atomic E-state index is 12.0. The minimum Gasteiger partial charge on any atom is -0.301 e. The Kier molecular flexibility index (Phi) is 4.82. The lowest BCUT2D eigenvalue weighted by molar-refractivity contribution is -0.248. The molecule has 106 valence electrons. The van der Waals surface area contributed by atoms with Crippen LogP contribution in [0.5, 0.6) is 0 Å². The third-order valence-electron chi connectivity index (χ3n) is 4.59. The molecule has 18 heavy (non-hydrogen) atoms. The molecule has 3 heteroatoms. The van der Waals surface area contributed by atoms with Crippen molar-refractivity contribution in [1.29, 1.82) is 0 Å². The van der Waals surface area contributed by atoms with E-state index < -0.39 is 5.97 Å². The van der Waals surface area contributed by atoms with E-state index in [0.29, 0.717) is 5.92 Å². The Morgan fingerprint density at radius 1 is 1.11 bits per heavy atom. The van der Waals surface area contributed by atoms with E-state index in [1.54, 1.807) is 0 Å². The van der Waals surface area contributed by atoms with E-state index in [0.717, 1.165) is 0 Å². The molecule has 0 radical (unpaired) electrons. The molecule has 0 aromatic heterocycles. The molecule has 1 aliphatic carbocycles. The average molecular weight is 256 g/mol. The number of rotatable bonds is 3. The fourth-order valence-corrected chi connectivity index (χ4v) is 3.91. The fourth-order valence-electron chi connectivity index (χ4n) is 3.91. The van der Waals surface area contributed by atoms with Crippen LogP contribution in [0.25, 0.3) is 0 Å². The topological polar surface area (TPSA) is 46.5 Å². The van der Waals surface area contributed by atoms with Crippen molar-refractivity contribution in [3.8, 4) is 0 Å². The summed E-state index contributed by atoms with van der Waals surface area (Å²) in [5.41, 5.74) is -0.348. The lowest BCUT2D eigenvalue weighted by Crippen LogP contribution is -2.45. The van der Waals surface area contributed by atoms with E-state index in [2.05, 4.69) is 18.7 Å². The van der Waals surface area contributed by atoms with Gasteiger partial charge in [-0.05, 0) is 29.6 Å². The van der Waals surface area contributed by atoms with Crippen LogP contribution in [0.2, 0.25) is 0 Å². The average Bonchev–Trinajstić information content (AvgIpc) is 2.28. The van der Waals surface area contributed by atoms with Gasteiger partial charge in [-0.25, -0.2) is 4.79 Å². The van der Waals surface area contributed by atoms with E-state index in [4.69, 9.17) is 5.26 Å². The summed E-state index contributed by atoms with van der Waals surface area (Å²) in [4.78, 5) is 16.1. The van der Waals surface area contributed by atoms with Gasteiger partial charge in [-0.1, -0.05) is 53.9 Å².